The molecule has 2 amide bonds. The summed E-state index contributed by atoms with van der Waals surface area (Å²) in [4.78, 5) is 30.0. The van der Waals surface area contributed by atoms with Gasteiger partial charge in [0, 0.05) is 31.9 Å². The topological polar surface area (TPSA) is 64.7 Å². The highest BCUT2D eigenvalue weighted by atomic mass is 16.2. The summed E-state index contributed by atoms with van der Waals surface area (Å²) in [6, 6.07) is 7.05. The van der Waals surface area contributed by atoms with Gasteiger partial charge < -0.3 is 15.5 Å². The Hall–Kier alpha value is -2.08. The Morgan fingerprint density at radius 2 is 1.66 bits per heavy atom. The van der Waals surface area contributed by atoms with Gasteiger partial charge in [-0.15, -0.1) is 0 Å². The average Bonchev–Trinajstić information content (AvgIpc) is 3.08. The maximum atomic E-state index is 12.6. The number of fused-ring (bicyclic) bond motifs is 1. The summed E-state index contributed by atoms with van der Waals surface area (Å²) in [6.07, 6.45) is 12.6. The highest BCUT2D eigenvalue weighted by Crippen LogP contribution is 2.31. The van der Waals surface area contributed by atoms with E-state index in [1.165, 1.54) is 55.3 Å². The second kappa shape index (κ2) is 11.2. The van der Waals surface area contributed by atoms with Gasteiger partial charge in [-0.1, -0.05) is 44.2 Å². The van der Waals surface area contributed by atoms with Gasteiger partial charge in [-0.25, -0.2) is 0 Å². The van der Waals surface area contributed by atoms with Crippen LogP contribution in [0.2, 0.25) is 0 Å². The Kier molecular flexibility index (Phi) is 8.06. The molecule has 1 aliphatic carbocycles. The van der Waals surface area contributed by atoms with Crippen LogP contribution in [0, 0.1) is 0 Å². The molecule has 1 atom stereocenters. The van der Waals surface area contributed by atoms with Crippen LogP contribution < -0.4 is 15.5 Å². The van der Waals surface area contributed by atoms with Gasteiger partial charge in [0.2, 0.25) is 0 Å². The molecule has 1 aromatic rings. The summed E-state index contributed by atoms with van der Waals surface area (Å²) in [5, 5.41) is 5.95. The number of nitrogens with zero attached hydrogens (tertiary/aromatic N) is 2. The number of anilines is 1. The Morgan fingerprint density at radius 3 is 2.41 bits per heavy atom. The molecule has 2 aliphatic heterocycles. The molecule has 0 aromatic heterocycles. The van der Waals surface area contributed by atoms with Crippen molar-refractivity contribution in [2.75, 3.05) is 38.1 Å². The van der Waals surface area contributed by atoms with E-state index in [-0.39, 0.29) is 12.1 Å². The zero-order valence-electron chi connectivity index (χ0n) is 19.7. The van der Waals surface area contributed by atoms with Gasteiger partial charge in [0.05, 0.1) is 6.04 Å². The molecule has 32 heavy (non-hydrogen) atoms. The Labute approximate surface area is 193 Å². The summed E-state index contributed by atoms with van der Waals surface area (Å²) < 4.78 is 0. The summed E-state index contributed by atoms with van der Waals surface area (Å²) in [7, 11) is 2.16. The molecular formula is C26H40N4O2. The van der Waals surface area contributed by atoms with Crippen molar-refractivity contribution in [3.8, 4) is 0 Å². The van der Waals surface area contributed by atoms with E-state index < -0.39 is 11.8 Å². The van der Waals surface area contributed by atoms with E-state index >= 15 is 0 Å². The van der Waals surface area contributed by atoms with Crippen LogP contribution >= 0.6 is 0 Å². The minimum absolute atomic E-state index is 0.113. The molecule has 1 aromatic carbocycles. The Balaban J connectivity index is 1.42. The summed E-state index contributed by atoms with van der Waals surface area (Å²) in [5.74, 6) is -0.963. The first kappa shape index (κ1) is 23.1. The highest BCUT2D eigenvalue weighted by Gasteiger charge is 2.26. The molecule has 2 fully saturated rings. The number of piperidine rings is 1. The van der Waals surface area contributed by atoms with Gasteiger partial charge >= 0.3 is 11.8 Å². The molecule has 2 heterocycles. The van der Waals surface area contributed by atoms with Crippen molar-refractivity contribution >= 4 is 17.5 Å². The van der Waals surface area contributed by atoms with E-state index in [2.05, 4.69) is 45.7 Å². The number of aryl methyl sites for hydroxylation is 1. The molecule has 0 unspecified atom stereocenters. The molecule has 0 radical (unpaired) electrons. The number of carbonyl (C=O) groups excluding carboxylic acids is 2. The molecular weight excluding hydrogens is 400 g/mol. The molecule has 1 saturated heterocycles. The fourth-order valence-corrected chi connectivity index (χ4v) is 5.64. The highest BCUT2D eigenvalue weighted by molar-refractivity contribution is 6.35. The molecule has 6 heteroatoms. The molecule has 0 bridgehead atoms. The SMILES string of the molecule is CN1CCCc2cc([C@@H](CNC(=O)C(=O)NC3CCCCCC3)N3CCCCC3)ccc21. The van der Waals surface area contributed by atoms with Gasteiger partial charge in [-0.3, -0.25) is 14.5 Å². The number of rotatable bonds is 5. The van der Waals surface area contributed by atoms with Crippen molar-refractivity contribution in [2.45, 2.75) is 82.7 Å². The third-order valence-electron chi connectivity index (χ3n) is 7.52. The predicted octanol–water partition coefficient (Wildman–Crippen LogP) is 3.55. The van der Waals surface area contributed by atoms with E-state index in [1.54, 1.807) is 0 Å². The number of hydrogen-bond acceptors (Lipinski definition) is 4. The summed E-state index contributed by atoms with van der Waals surface area (Å²) in [5.41, 5.74) is 3.98. The third kappa shape index (κ3) is 5.83. The minimum Gasteiger partial charge on any atom is -0.374 e. The smallest absolute Gasteiger partial charge is 0.309 e. The Morgan fingerprint density at radius 1 is 0.938 bits per heavy atom. The third-order valence-corrected chi connectivity index (χ3v) is 7.52. The number of nitrogens with one attached hydrogen (secondary N) is 2. The number of amides is 2. The molecule has 0 spiro atoms. The fourth-order valence-electron chi connectivity index (χ4n) is 5.64. The van der Waals surface area contributed by atoms with Gasteiger partial charge in [-0.2, -0.15) is 0 Å². The normalized spacial score (nSPS) is 21.3. The lowest BCUT2D eigenvalue weighted by Crippen LogP contribution is -2.47. The fraction of sp³-hybridized carbons (Fsp3) is 0.692. The molecule has 3 aliphatic rings. The van der Waals surface area contributed by atoms with Crippen LogP contribution in [0.25, 0.3) is 0 Å². The standard InChI is InChI=1S/C26H40N4O2/c1-29-15-9-10-20-18-21(13-14-23(20)29)24(30-16-7-4-8-17-30)19-27-25(31)26(32)28-22-11-5-2-3-6-12-22/h13-14,18,22,24H,2-12,15-17,19H2,1H3,(H,27,31)(H,28,32)/t24-/m1/s1. The summed E-state index contributed by atoms with van der Waals surface area (Å²) in [6.45, 7) is 3.68. The van der Waals surface area contributed by atoms with Crippen LogP contribution in [0.3, 0.4) is 0 Å². The monoisotopic (exact) mass is 440 g/mol. The number of carbonyl (C=O) groups is 2. The molecule has 1 saturated carbocycles. The number of likely N-dealkylation sites (tertiary alicyclic amines) is 1. The van der Waals surface area contributed by atoms with Crippen molar-refractivity contribution in [3.63, 3.8) is 0 Å². The van der Waals surface area contributed by atoms with Gasteiger partial charge in [0.25, 0.3) is 0 Å². The second-order valence-corrected chi connectivity index (χ2v) is 9.90. The van der Waals surface area contributed by atoms with Crippen LogP contribution in [0.5, 0.6) is 0 Å². The van der Waals surface area contributed by atoms with E-state index in [1.807, 2.05) is 0 Å². The largest absolute Gasteiger partial charge is 0.374 e. The number of hydrogen-bond donors (Lipinski definition) is 2. The quantitative estimate of drug-likeness (QED) is 0.543. The maximum Gasteiger partial charge on any atom is 0.309 e. The zero-order valence-corrected chi connectivity index (χ0v) is 19.7. The predicted molar refractivity (Wildman–Crippen MR) is 129 cm³/mol. The zero-order chi connectivity index (χ0) is 22.3. The van der Waals surface area contributed by atoms with E-state index in [9.17, 15) is 9.59 Å². The molecule has 2 N–H and O–H groups in total. The van der Waals surface area contributed by atoms with Crippen LogP contribution in [0.4, 0.5) is 5.69 Å². The first-order valence-electron chi connectivity index (χ1n) is 12.8. The van der Waals surface area contributed by atoms with Crippen LogP contribution in [0.1, 0.15) is 81.4 Å². The van der Waals surface area contributed by atoms with Crippen LogP contribution in [0.15, 0.2) is 18.2 Å². The molecule has 6 nitrogen and oxygen atoms in total. The van der Waals surface area contributed by atoms with Crippen molar-refractivity contribution in [1.29, 1.82) is 0 Å². The second-order valence-electron chi connectivity index (χ2n) is 9.90. The Bertz CT molecular complexity index is 782. The van der Waals surface area contributed by atoms with Crippen LogP contribution in [-0.2, 0) is 16.0 Å². The van der Waals surface area contributed by atoms with Gasteiger partial charge in [0.1, 0.15) is 0 Å². The van der Waals surface area contributed by atoms with Gasteiger partial charge in [-0.05, 0) is 68.8 Å². The lowest BCUT2D eigenvalue weighted by Gasteiger charge is -2.36. The van der Waals surface area contributed by atoms with Crippen molar-refractivity contribution < 1.29 is 9.59 Å². The van der Waals surface area contributed by atoms with Crippen LogP contribution in [-0.4, -0.2) is 56.0 Å². The van der Waals surface area contributed by atoms with Crippen molar-refractivity contribution in [2.24, 2.45) is 0 Å². The molecule has 176 valence electrons. The minimum atomic E-state index is -0.492. The number of benzene rings is 1. The average molecular weight is 441 g/mol. The van der Waals surface area contributed by atoms with E-state index in [0.717, 1.165) is 51.7 Å². The first-order chi connectivity index (χ1) is 15.6. The molecule has 4 rings (SSSR count). The van der Waals surface area contributed by atoms with Gasteiger partial charge in [0.15, 0.2) is 0 Å². The maximum absolute atomic E-state index is 12.6. The summed E-state index contributed by atoms with van der Waals surface area (Å²) >= 11 is 0. The lowest BCUT2D eigenvalue weighted by atomic mass is 9.95. The van der Waals surface area contributed by atoms with Crippen molar-refractivity contribution in [1.82, 2.24) is 15.5 Å². The first-order valence-corrected chi connectivity index (χ1v) is 12.8. The van der Waals surface area contributed by atoms with E-state index in [0.29, 0.717) is 6.54 Å². The van der Waals surface area contributed by atoms with E-state index in [4.69, 9.17) is 0 Å². The van der Waals surface area contributed by atoms with Crippen molar-refractivity contribution in [3.05, 3.63) is 29.3 Å². The lowest BCUT2D eigenvalue weighted by molar-refractivity contribution is -0.139.